The van der Waals surface area contributed by atoms with Crippen molar-refractivity contribution in [3.8, 4) is 5.75 Å². The molecule has 8 rings (SSSR count). The number of alkyl halides is 3. The fraction of sp³-hybridized carbons (Fsp3) is 0.243. The number of para-hydroxylation sites is 1. The summed E-state index contributed by atoms with van der Waals surface area (Å²) in [7, 11) is 0. The van der Waals surface area contributed by atoms with Gasteiger partial charge in [0.1, 0.15) is 5.75 Å². The first kappa shape index (κ1) is 31.1. The second-order valence-electron chi connectivity index (χ2n) is 12.8. The van der Waals surface area contributed by atoms with Gasteiger partial charge in [0.25, 0.3) is 11.8 Å². The van der Waals surface area contributed by atoms with Crippen molar-refractivity contribution in [2.24, 2.45) is 17.8 Å². The van der Waals surface area contributed by atoms with Crippen molar-refractivity contribution < 1.29 is 24.3 Å². The van der Waals surface area contributed by atoms with Crippen molar-refractivity contribution in [2.75, 3.05) is 15.7 Å². The Morgan fingerprint density at radius 2 is 1.50 bits per heavy atom. The molecule has 2 saturated heterocycles. The maximum Gasteiger partial charge on any atom is 0.254 e. The predicted molar refractivity (Wildman–Crippen MR) is 188 cm³/mol. The van der Waals surface area contributed by atoms with Crippen molar-refractivity contribution >= 4 is 90.6 Å². The van der Waals surface area contributed by atoms with Crippen LogP contribution < -0.4 is 10.2 Å². The van der Waals surface area contributed by atoms with E-state index in [9.17, 15) is 24.3 Å². The monoisotopic (exact) mass is 743 g/mol. The molecule has 0 spiro atoms. The van der Waals surface area contributed by atoms with Gasteiger partial charge in [-0.25, -0.2) is 0 Å². The van der Waals surface area contributed by atoms with Crippen LogP contribution >= 0.6 is 39.1 Å². The summed E-state index contributed by atoms with van der Waals surface area (Å²) in [5.41, 5.74) is 2.95. The Labute approximate surface area is 294 Å². The first-order valence-corrected chi connectivity index (χ1v) is 17.5. The Kier molecular flexibility index (Phi) is 7.25. The number of imide groups is 2. The summed E-state index contributed by atoms with van der Waals surface area (Å²) in [6.45, 7) is 0. The molecule has 0 radical (unpaired) electrons. The van der Waals surface area contributed by atoms with E-state index in [1.165, 1.54) is 4.90 Å². The molecule has 2 aliphatic heterocycles. The highest BCUT2D eigenvalue weighted by molar-refractivity contribution is 9.09. The van der Waals surface area contributed by atoms with Crippen LogP contribution in [0, 0.1) is 17.8 Å². The van der Waals surface area contributed by atoms with Crippen molar-refractivity contribution in [3.63, 3.8) is 0 Å². The molecule has 48 heavy (non-hydrogen) atoms. The molecule has 3 fully saturated rings. The number of carbonyl (C=O) groups excluding carboxylic acids is 4. The van der Waals surface area contributed by atoms with Crippen LogP contribution in [0.25, 0.3) is 10.8 Å². The third-order valence-electron chi connectivity index (χ3n) is 10.4. The number of likely N-dealkylation sites (tertiary alicyclic amines) is 1. The number of fused-ring (bicyclic) bond motifs is 5. The lowest BCUT2D eigenvalue weighted by Crippen LogP contribution is -2.60. The van der Waals surface area contributed by atoms with E-state index < -0.39 is 51.1 Å². The molecule has 0 aromatic heterocycles. The minimum Gasteiger partial charge on any atom is -0.507 e. The Morgan fingerprint density at radius 3 is 2.23 bits per heavy atom. The Hall–Kier alpha value is -4.18. The molecule has 4 aromatic carbocycles. The first-order valence-electron chi connectivity index (χ1n) is 15.6. The van der Waals surface area contributed by atoms with Crippen LogP contribution in [0.5, 0.6) is 5.75 Å². The third kappa shape index (κ3) is 4.20. The summed E-state index contributed by atoms with van der Waals surface area (Å²) in [6, 6.07) is 27.5. The summed E-state index contributed by atoms with van der Waals surface area (Å²) < 4.78 is 0. The maximum atomic E-state index is 14.4. The number of rotatable bonds is 5. The zero-order chi connectivity index (χ0) is 33.5. The van der Waals surface area contributed by atoms with E-state index in [4.69, 9.17) is 23.2 Å². The van der Waals surface area contributed by atoms with Crippen molar-refractivity contribution in [2.45, 2.75) is 28.5 Å². The molecule has 242 valence electrons. The van der Waals surface area contributed by atoms with Crippen molar-refractivity contribution in [1.29, 1.82) is 0 Å². The fourth-order valence-corrected chi connectivity index (χ4v) is 9.66. The first-order chi connectivity index (χ1) is 23.1. The summed E-state index contributed by atoms with van der Waals surface area (Å²) in [6.07, 6.45) is 1.96. The van der Waals surface area contributed by atoms with Gasteiger partial charge in [-0.05, 0) is 60.5 Å². The molecule has 11 heteroatoms. The van der Waals surface area contributed by atoms with E-state index in [-0.39, 0.29) is 30.0 Å². The van der Waals surface area contributed by atoms with Gasteiger partial charge in [-0.2, -0.15) is 0 Å². The van der Waals surface area contributed by atoms with Gasteiger partial charge in [-0.3, -0.25) is 29.0 Å². The van der Waals surface area contributed by atoms with E-state index in [1.807, 2.05) is 54.6 Å². The number of halogens is 3. The third-order valence-corrected chi connectivity index (χ3v) is 12.4. The lowest BCUT2D eigenvalue weighted by molar-refractivity contribution is -0.138. The van der Waals surface area contributed by atoms with Gasteiger partial charge < -0.3 is 10.4 Å². The highest BCUT2D eigenvalue weighted by Crippen LogP contribution is 2.66. The maximum absolute atomic E-state index is 14.4. The van der Waals surface area contributed by atoms with Gasteiger partial charge in [0.2, 0.25) is 11.8 Å². The number of phenolic OH excluding ortho intramolecular Hbond substituents is 1. The topological polar surface area (TPSA) is 107 Å². The van der Waals surface area contributed by atoms with Crippen molar-refractivity contribution in [1.82, 2.24) is 4.90 Å². The Balaban J connectivity index is 1.21. The van der Waals surface area contributed by atoms with E-state index in [2.05, 4.69) is 21.2 Å². The number of phenols is 1. The average Bonchev–Trinajstić information content (AvgIpc) is 3.43. The van der Waals surface area contributed by atoms with Gasteiger partial charge in [0, 0.05) is 28.2 Å². The van der Waals surface area contributed by atoms with E-state index in [0.29, 0.717) is 22.2 Å². The molecule has 6 unspecified atom stereocenters. The number of anilines is 3. The molecule has 4 amide bonds. The molecule has 6 atom stereocenters. The summed E-state index contributed by atoms with van der Waals surface area (Å²) in [5, 5.41) is 16.3. The zero-order valence-electron chi connectivity index (χ0n) is 25.3. The molecule has 0 bridgehead atoms. The lowest BCUT2D eigenvalue weighted by Gasteiger charge is -2.50. The second kappa shape index (κ2) is 11.2. The van der Waals surface area contributed by atoms with Crippen LogP contribution in [0.3, 0.4) is 0 Å². The number of hydrogen-bond donors (Lipinski definition) is 2. The molecular weight excluding hydrogens is 717 g/mol. The van der Waals surface area contributed by atoms with Gasteiger partial charge in [-0.1, -0.05) is 82.2 Å². The van der Waals surface area contributed by atoms with Crippen LogP contribution in [0.4, 0.5) is 17.1 Å². The van der Waals surface area contributed by atoms with Crippen LogP contribution in [0.15, 0.2) is 103 Å². The zero-order valence-corrected chi connectivity index (χ0v) is 28.4. The Morgan fingerprint density at radius 1 is 0.812 bits per heavy atom. The number of amides is 4. The minimum atomic E-state index is -2.00. The summed E-state index contributed by atoms with van der Waals surface area (Å²) >= 11 is 17.9. The van der Waals surface area contributed by atoms with E-state index in [1.54, 1.807) is 42.5 Å². The van der Waals surface area contributed by atoms with Crippen LogP contribution in [0.1, 0.15) is 24.3 Å². The number of nitrogens with one attached hydrogen (secondary N) is 1. The molecule has 4 aromatic rings. The number of hydrogen-bond acceptors (Lipinski definition) is 6. The van der Waals surface area contributed by atoms with Crippen LogP contribution in [0.2, 0.25) is 0 Å². The molecular formula is C37H28BrCl2N3O5. The van der Waals surface area contributed by atoms with E-state index in [0.717, 1.165) is 21.7 Å². The Bertz CT molecular complexity index is 2070. The predicted octanol–water partition coefficient (Wildman–Crippen LogP) is 7.20. The normalized spacial score (nSPS) is 29.5. The molecule has 1 saturated carbocycles. The molecule has 2 heterocycles. The fourth-order valence-electron chi connectivity index (χ4n) is 8.24. The standard InChI is InChI=1S/C37H28BrCl2N3O5/c38-19-42-34(47)36(39)18-28-25(30(37(36,40)35(42)48)27-15-10-20-6-4-5-9-24(20)31(27)44)16-17-26-29(28)33(46)43(32(26)45)23-13-11-22(12-14-23)41-21-7-2-1-3-8-21/h1-16,26,28-30,41,44H,17-19H2. The van der Waals surface area contributed by atoms with Crippen molar-refractivity contribution in [3.05, 3.63) is 108 Å². The molecule has 8 nitrogen and oxygen atoms in total. The average molecular weight is 745 g/mol. The van der Waals surface area contributed by atoms with Crippen LogP contribution in [-0.4, -0.2) is 48.8 Å². The summed E-state index contributed by atoms with van der Waals surface area (Å²) in [5.74, 6) is -5.47. The highest BCUT2D eigenvalue weighted by atomic mass is 79.9. The van der Waals surface area contributed by atoms with Gasteiger partial charge >= 0.3 is 0 Å². The summed E-state index contributed by atoms with van der Waals surface area (Å²) in [4.78, 5) is 54.6. The SMILES string of the molecule is O=C1C2CC=C3C(CC4(Cl)C(=O)N(CBr)C(=O)C4(Cl)C3c3ccc4ccccc4c3O)C2C(=O)N1c1ccc(Nc2ccccc2)cc1. The number of allylic oxidation sites excluding steroid dienone is 2. The van der Waals surface area contributed by atoms with E-state index >= 15 is 0 Å². The van der Waals surface area contributed by atoms with Gasteiger partial charge in [0.15, 0.2) is 9.75 Å². The highest BCUT2D eigenvalue weighted by Gasteiger charge is 2.76. The number of aromatic hydroxyl groups is 1. The lowest BCUT2D eigenvalue weighted by atomic mass is 9.56. The minimum absolute atomic E-state index is 0.0852. The molecule has 2 aliphatic carbocycles. The smallest absolute Gasteiger partial charge is 0.254 e. The largest absolute Gasteiger partial charge is 0.507 e. The molecule has 4 aliphatic rings. The van der Waals surface area contributed by atoms with Gasteiger partial charge in [-0.15, -0.1) is 23.2 Å². The second-order valence-corrected chi connectivity index (χ2v) is 14.5. The van der Waals surface area contributed by atoms with Gasteiger partial charge in [0.05, 0.1) is 23.0 Å². The molecule has 2 N–H and O–H groups in total. The van der Waals surface area contributed by atoms with Crippen LogP contribution in [-0.2, 0) is 19.2 Å². The number of nitrogens with zero attached hydrogens (tertiary/aromatic N) is 2. The number of benzene rings is 4. The number of carbonyl (C=O) groups is 4. The quantitative estimate of drug-likeness (QED) is 0.0969.